The number of piperidine rings is 1. The molecule has 0 radical (unpaired) electrons. The number of hydrogen-bond acceptors (Lipinski definition) is 2. The molecule has 1 heterocycles. The highest BCUT2D eigenvalue weighted by Crippen LogP contribution is 2.21. The third kappa shape index (κ3) is 4.67. The third-order valence-corrected chi connectivity index (χ3v) is 5.60. The molecule has 0 bridgehead atoms. The van der Waals surface area contributed by atoms with E-state index in [-0.39, 0.29) is 0 Å². The van der Waals surface area contributed by atoms with Crippen LogP contribution in [-0.4, -0.2) is 47.1 Å². The van der Waals surface area contributed by atoms with Crippen molar-refractivity contribution in [1.82, 2.24) is 9.80 Å². The van der Waals surface area contributed by atoms with Crippen LogP contribution in [0.25, 0.3) is 0 Å². The zero-order valence-electron chi connectivity index (χ0n) is 15.2. The topological polar surface area (TPSA) is 18.5 Å². The molecule has 0 aromatic heterocycles. The Labute approximate surface area is 147 Å². The minimum atomic E-state index is 0.659. The normalized spacial score (nSPS) is 17.4. The lowest BCUT2D eigenvalue weighted by Gasteiger charge is -2.40. The first-order chi connectivity index (χ1) is 10.9. The van der Waals surface area contributed by atoms with Gasteiger partial charge in [-0.15, -0.1) is 0 Å². The smallest absolute Gasteiger partial charge is 0.173 e. The van der Waals surface area contributed by atoms with Crippen LogP contribution < -0.4 is 5.32 Å². The molecule has 23 heavy (non-hydrogen) atoms. The number of aryl methyl sites for hydroxylation is 2. The molecule has 4 heteroatoms. The second-order valence-corrected chi connectivity index (χ2v) is 7.28. The predicted molar refractivity (Wildman–Crippen MR) is 104 cm³/mol. The quantitative estimate of drug-likeness (QED) is 0.832. The van der Waals surface area contributed by atoms with Gasteiger partial charge in [0.2, 0.25) is 0 Å². The summed E-state index contributed by atoms with van der Waals surface area (Å²) in [6.07, 6.45) is 3.59. The van der Waals surface area contributed by atoms with Gasteiger partial charge in [-0.05, 0) is 70.9 Å². The third-order valence-electron chi connectivity index (χ3n) is 5.24. The van der Waals surface area contributed by atoms with Crippen LogP contribution in [0.5, 0.6) is 0 Å². The molecule has 1 aliphatic rings. The van der Waals surface area contributed by atoms with E-state index in [2.05, 4.69) is 68.1 Å². The fourth-order valence-corrected chi connectivity index (χ4v) is 3.56. The van der Waals surface area contributed by atoms with Crippen LogP contribution in [-0.2, 0) is 0 Å². The van der Waals surface area contributed by atoms with Gasteiger partial charge in [-0.3, -0.25) is 0 Å². The molecular weight excluding hydrogens is 302 g/mol. The zero-order valence-corrected chi connectivity index (χ0v) is 16.0. The Morgan fingerprint density at radius 1 is 1.35 bits per heavy atom. The van der Waals surface area contributed by atoms with Crippen molar-refractivity contribution < 1.29 is 0 Å². The maximum Gasteiger partial charge on any atom is 0.173 e. The largest absolute Gasteiger partial charge is 0.349 e. The van der Waals surface area contributed by atoms with Gasteiger partial charge in [0, 0.05) is 30.9 Å². The second kappa shape index (κ2) is 8.11. The number of likely N-dealkylation sites (tertiary alicyclic amines) is 1. The molecule has 1 saturated heterocycles. The van der Waals surface area contributed by atoms with Gasteiger partial charge < -0.3 is 15.1 Å². The standard InChI is InChI=1S/C19H31N3S/c1-6-16(4)21(5)17-9-11-22(12-10-17)19(23)20-18-8-7-14(2)13-15(18)3/h7-8,13,16-17H,6,9-12H2,1-5H3,(H,20,23). The highest BCUT2D eigenvalue weighted by molar-refractivity contribution is 7.80. The molecule has 0 spiro atoms. The van der Waals surface area contributed by atoms with E-state index in [9.17, 15) is 0 Å². The summed E-state index contributed by atoms with van der Waals surface area (Å²) in [5.41, 5.74) is 3.66. The highest BCUT2D eigenvalue weighted by atomic mass is 32.1. The SMILES string of the molecule is CCC(C)N(C)C1CCN(C(=S)Nc2ccc(C)cc2C)CC1. The Bertz CT molecular complexity index is 535. The molecule has 2 rings (SSSR count). The summed E-state index contributed by atoms with van der Waals surface area (Å²) in [5, 5.41) is 4.29. The van der Waals surface area contributed by atoms with Crippen LogP contribution in [0.1, 0.15) is 44.2 Å². The molecule has 1 aliphatic heterocycles. The summed E-state index contributed by atoms with van der Waals surface area (Å²) in [7, 11) is 2.26. The van der Waals surface area contributed by atoms with Gasteiger partial charge in [0.15, 0.2) is 5.11 Å². The van der Waals surface area contributed by atoms with Crippen LogP contribution in [0, 0.1) is 13.8 Å². The molecule has 1 unspecified atom stereocenters. The summed E-state index contributed by atoms with van der Waals surface area (Å²) in [6.45, 7) is 10.9. The van der Waals surface area contributed by atoms with Gasteiger partial charge in [-0.1, -0.05) is 24.6 Å². The number of rotatable bonds is 4. The fraction of sp³-hybridized carbons (Fsp3) is 0.632. The molecule has 0 aliphatic carbocycles. The Balaban J connectivity index is 1.88. The maximum atomic E-state index is 5.63. The Morgan fingerprint density at radius 3 is 2.57 bits per heavy atom. The Morgan fingerprint density at radius 2 is 2.00 bits per heavy atom. The number of nitrogens with zero attached hydrogens (tertiary/aromatic N) is 2. The first kappa shape index (κ1) is 18.2. The average Bonchev–Trinajstić information content (AvgIpc) is 2.56. The van der Waals surface area contributed by atoms with Crippen molar-refractivity contribution in [3.63, 3.8) is 0 Å². The Hall–Kier alpha value is -1.13. The van der Waals surface area contributed by atoms with Crippen molar-refractivity contribution in [2.24, 2.45) is 0 Å². The lowest BCUT2D eigenvalue weighted by Crippen LogP contribution is -2.48. The van der Waals surface area contributed by atoms with Crippen LogP contribution in [0.2, 0.25) is 0 Å². The molecule has 1 atom stereocenters. The van der Waals surface area contributed by atoms with Crippen LogP contribution in [0.3, 0.4) is 0 Å². The van der Waals surface area contributed by atoms with Gasteiger partial charge in [0.05, 0.1) is 0 Å². The first-order valence-electron chi connectivity index (χ1n) is 8.77. The average molecular weight is 334 g/mol. The molecule has 1 N–H and O–H groups in total. The molecule has 1 aromatic rings. The summed E-state index contributed by atoms with van der Waals surface area (Å²) >= 11 is 5.63. The van der Waals surface area contributed by atoms with E-state index in [0.717, 1.165) is 23.9 Å². The van der Waals surface area contributed by atoms with E-state index in [1.807, 2.05) is 0 Å². The fourth-order valence-electron chi connectivity index (χ4n) is 3.27. The zero-order chi connectivity index (χ0) is 17.0. The number of anilines is 1. The van der Waals surface area contributed by atoms with Gasteiger partial charge in [-0.2, -0.15) is 0 Å². The van der Waals surface area contributed by atoms with E-state index in [1.54, 1.807) is 0 Å². The minimum absolute atomic E-state index is 0.659. The van der Waals surface area contributed by atoms with Gasteiger partial charge in [0.25, 0.3) is 0 Å². The summed E-state index contributed by atoms with van der Waals surface area (Å²) in [4.78, 5) is 4.85. The molecule has 1 aromatic carbocycles. The predicted octanol–water partition coefficient (Wildman–Crippen LogP) is 4.19. The molecule has 1 fully saturated rings. The van der Waals surface area contributed by atoms with Crippen molar-refractivity contribution in [2.75, 3.05) is 25.5 Å². The lowest BCUT2D eigenvalue weighted by atomic mass is 10.0. The Kier molecular flexibility index (Phi) is 6.42. The maximum absolute atomic E-state index is 5.63. The van der Waals surface area contributed by atoms with E-state index in [0.29, 0.717) is 12.1 Å². The van der Waals surface area contributed by atoms with Crippen molar-refractivity contribution in [1.29, 1.82) is 0 Å². The first-order valence-corrected chi connectivity index (χ1v) is 9.18. The van der Waals surface area contributed by atoms with Gasteiger partial charge in [-0.25, -0.2) is 0 Å². The van der Waals surface area contributed by atoms with Crippen LogP contribution >= 0.6 is 12.2 Å². The van der Waals surface area contributed by atoms with Crippen LogP contribution in [0.15, 0.2) is 18.2 Å². The van der Waals surface area contributed by atoms with E-state index >= 15 is 0 Å². The molecule has 0 amide bonds. The molecule has 3 nitrogen and oxygen atoms in total. The van der Waals surface area contributed by atoms with E-state index in [4.69, 9.17) is 12.2 Å². The number of hydrogen-bond donors (Lipinski definition) is 1. The number of thiocarbonyl (C=S) groups is 1. The van der Waals surface area contributed by atoms with Crippen molar-refractivity contribution in [2.45, 2.75) is 59.0 Å². The molecule has 128 valence electrons. The van der Waals surface area contributed by atoms with E-state index in [1.165, 1.54) is 30.4 Å². The summed E-state index contributed by atoms with van der Waals surface area (Å²) in [6, 6.07) is 7.79. The van der Waals surface area contributed by atoms with Crippen molar-refractivity contribution >= 4 is 23.0 Å². The van der Waals surface area contributed by atoms with Gasteiger partial charge in [0.1, 0.15) is 0 Å². The molecular formula is C19H31N3S. The van der Waals surface area contributed by atoms with Gasteiger partial charge >= 0.3 is 0 Å². The second-order valence-electron chi connectivity index (χ2n) is 6.89. The lowest BCUT2D eigenvalue weighted by molar-refractivity contribution is 0.126. The number of nitrogens with one attached hydrogen (secondary N) is 1. The monoisotopic (exact) mass is 333 g/mol. The molecule has 0 saturated carbocycles. The summed E-state index contributed by atoms with van der Waals surface area (Å²) < 4.78 is 0. The van der Waals surface area contributed by atoms with E-state index < -0.39 is 0 Å². The number of benzene rings is 1. The van der Waals surface area contributed by atoms with Crippen molar-refractivity contribution in [3.8, 4) is 0 Å². The van der Waals surface area contributed by atoms with Crippen LogP contribution in [0.4, 0.5) is 5.69 Å². The minimum Gasteiger partial charge on any atom is -0.349 e. The van der Waals surface area contributed by atoms with Crippen molar-refractivity contribution in [3.05, 3.63) is 29.3 Å². The summed E-state index contributed by atoms with van der Waals surface area (Å²) in [5.74, 6) is 0. The highest BCUT2D eigenvalue weighted by Gasteiger charge is 2.25.